The molecular weight excluding hydrogens is 905 g/mol. The third-order valence-corrected chi connectivity index (χ3v) is 12.4. The highest BCUT2D eigenvalue weighted by molar-refractivity contribution is 6.25. The Bertz CT molecular complexity index is 2670. The molecule has 6 amide bonds. The fourth-order valence-electron chi connectivity index (χ4n) is 8.70. The van der Waals surface area contributed by atoms with Crippen LogP contribution in [0.2, 0.25) is 0 Å². The van der Waals surface area contributed by atoms with Crippen molar-refractivity contribution in [1.29, 1.82) is 0 Å². The van der Waals surface area contributed by atoms with Gasteiger partial charge < -0.3 is 44.6 Å². The maximum absolute atomic E-state index is 13.2. The number of likely N-dealkylation sites (tertiary alicyclic amines) is 1. The average Bonchev–Trinajstić information content (AvgIpc) is 4.13. The monoisotopic (exact) mass is 964 g/mol. The van der Waals surface area contributed by atoms with E-state index in [1.807, 2.05) is 30.3 Å². The molecule has 0 aliphatic carbocycles. The second kappa shape index (κ2) is 24.3. The second-order valence-corrected chi connectivity index (χ2v) is 17.2. The number of carbonyl (C=O) groups is 6. The third kappa shape index (κ3) is 12.8. The van der Waals surface area contributed by atoms with Crippen molar-refractivity contribution >= 4 is 68.8 Å². The predicted molar refractivity (Wildman–Crippen MR) is 256 cm³/mol. The highest BCUT2D eigenvalue weighted by atomic mass is 16.6. The van der Waals surface area contributed by atoms with Gasteiger partial charge in [0.1, 0.15) is 11.9 Å². The van der Waals surface area contributed by atoms with E-state index >= 15 is 0 Å². The summed E-state index contributed by atoms with van der Waals surface area (Å²) in [7, 11) is 0. The second-order valence-electron chi connectivity index (χ2n) is 17.2. The molecule has 1 unspecified atom stereocenters. The average molecular weight is 965 g/mol. The number of benzene rings is 3. The number of ether oxygens (including phenoxy) is 5. The Labute approximate surface area is 404 Å². The number of imide groups is 2. The summed E-state index contributed by atoms with van der Waals surface area (Å²) < 4.78 is 29.6. The number of aromatic amines is 1. The molecule has 21 heteroatoms. The van der Waals surface area contributed by atoms with Crippen LogP contribution in [0.5, 0.6) is 0 Å². The first-order valence-corrected chi connectivity index (χ1v) is 23.9. The van der Waals surface area contributed by atoms with Gasteiger partial charge in [-0.2, -0.15) is 5.10 Å². The smallest absolute Gasteiger partial charge is 0.264 e. The van der Waals surface area contributed by atoms with Crippen LogP contribution >= 0.6 is 0 Å². The van der Waals surface area contributed by atoms with E-state index in [9.17, 15) is 28.8 Å². The summed E-state index contributed by atoms with van der Waals surface area (Å²) in [5.74, 6) is -1.64. The molecule has 8 rings (SSSR count). The molecule has 0 saturated carbocycles. The van der Waals surface area contributed by atoms with Gasteiger partial charge in [-0.1, -0.05) is 6.07 Å². The topological polar surface area (TPSA) is 250 Å². The summed E-state index contributed by atoms with van der Waals surface area (Å²) in [6.07, 6.45) is 4.50. The van der Waals surface area contributed by atoms with Crippen molar-refractivity contribution in [2.45, 2.75) is 64.2 Å². The van der Waals surface area contributed by atoms with Crippen LogP contribution in [0.15, 0.2) is 60.8 Å². The Hall–Kier alpha value is -6.62. The van der Waals surface area contributed by atoms with Crippen molar-refractivity contribution in [3.63, 3.8) is 0 Å². The zero-order chi connectivity index (χ0) is 48.8. The largest absolute Gasteiger partial charge is 0.382 e. The Morgan fingerprint density at radius 1 is 0.814 bits per heavy atom. The van der Waals surface area contributed by atoms with Crippen LogP contribution in [0.3, 0.4) is 0 Å². The Balaban J connectivity index is 0.605. The first-order chi connectivity index (χ1) is 34.1. The van der Waals surface area contributed by atoms with Gasteiger partial charge >= 0.3 is 0 Å². The first-order valence-electron chi connectivity index (χ1n) is 23.9. The molecule has 2 fully saturated rings. The van der Waals surface area contributed by atoms with E-state index in [1.54, 1.807) is 35.1 Å². The molecular formula is C49H60N10O11. The van der Waals surface area contributed by atoms with E-state index in [2.05, 4.69) is 43.2 Å². The van der Waals surface area contributed by atoms with Crippen molar-refractivity contribution in [3.05, 3.63) is 83.3 Å². The van der Waals surface area contributed by atoms with E-state index in [0.717, 1.165) is 45.8 Å². The van der Waals surface area contributed by atoms with Gasteiger partial charge in [0.05, 0.1) is 113 Å². The van der Waals surface area contributed by atoms with Gasteiger partial charge in [-0.15, -0.1) is 0 Å². The highest BCUT2D eigenvalue weighted by Gasteiger charge is 2.45. The van der Waals surface area contributed by atoms with Crippen LogP contribution in [0.1, 0.15) is 75.9 Å². The van der Waals surface area contributed by atoms with E-state index in [-0.39, 0.29) is 48.8 Å². The maximum atomic E-state index is 13.2. The molecule has 5 aromatic rings. The molecule has 5 heterocycles. The number of aromatic nitrogens is 4. The summed E-state index contributed by atoms with van der Waals surface area (Å²) in [5.41, 5.74) is 4.66. The number of nitrogens with one attached hydrogen (secondary N) is 5. The molecule has 0 bridgehead atoms. The van der Waals surface area contributed by atoms with Gasteiger partial charge in [0.2, 0.25) is 17.7 Å². The normalized spacial score (nSPS) is 17.2. The summed E-state index contributed by atoms with van der Waals surface area (Å²) in [5, 5.41) is 16.5. The molecule has 0 radical (unpaired) electrons. The van der Waals surface area contributed by atoms with Crippen molar-refractivity contribution < 1.29 is 52.5 Å². The van der Waals surface area contributed by atoms with Crippen molar-refractivity contribution in [2.24, 2.45) is 0 Å². The van der Waals surface area contributed by atoms with Gasteiger partial charge in [0.25, 0.3) is 17.7 Å². The lowest BCUT2D eigenvalue weighted by Gasteiger charge is -2.27. The van der Waals surface area contributed by atoms with Crippen LogP contribution in [0, 0.1) is 0 Å². The molecule has 3 aliphatic rings. The predicted octanol–water partition coefficient (Wildman–Crippen LogP) is 3.25. The van der Waals surface area contributed by atoms with Crippen LogP contribution in [-0.4, -0.2) is 163 Å². The van der Waals surface area contributed by atoms with Gasteiger partial charge in [0.15, 0.2) is 0 Å². The Morgan fingerprint density at radius 2 is 1.56 bits per heavy atom. The SMILES string of the molecule is C[C@H]1CCCN1Cc1nc2cc(NC(=O)c3ccc4c(cnn4CCNC(=O)CCOCCOCCOCCOCCOCCNc4cccc5c4C(=O)N(C4CCC(=O)NC4=O)C5=O)c3)ccc2[nH]1. The number of piperidine rings is 1. The Morgan fingerprint density at radius 3 is 2.29 bits per heavy atom. The minimum atomic E-state index is -1.02. The lowest BCUT2D eigenvalue weighted by molar-refractivity contribution is -0.136. The van der Waals surface area contributed by atoms with E-state index in [0.29, 0.717) is 102 Å². The van der Waals surface area contributed by atoms with Crippen LogP contribution in [0.4, 0.5) is 11.4 Å². The van der Waals surface area contributed by atoms with Crippen molar-refractivity contribution in [3.8, 4) is 0 Å². The summed E-state index contributed by atoms with van der Waals surface area (Å²) >= 11 is 0. The fourth-order valence-corrected chi connectivity index (χ4v) is 8.70. The summed E-state index contributed by atoms with van der Waals surface area (Å²) in [6.45, 7) is 8.89. The Kier molecular flexibility index (Phi) is 17.3. The van der Waals surface area contributed by atoms with Crippen LogP contribution in [-0.2, 0) is 51.2 Å². The molecule has 3 aliphatic heterocycles. The lowest BCUT2D eigenvalue weighted by atomic mass is 10.0. The van der Waals surface area contributed by atoms with Crippen molar-refractivity contribution in [1.82, 2.24) is 40.2 Å². The molecule has 5 N–H and O–H groups in total. The van der Waals surface area contributed by atoms with Crippen LogP contribution < -0.4 is 21.3 Å². The van der Waals surface area contributed by atoms with Gasteiger partial charge in [-0.25, -0.2) is 4.98 Å². The van der Waals surface area contributed by atoms with Gasteiger partial charge in [-0.05, 0) is 81.3 Å². The number of carbonyl (C=O) groups excluding carboxylic acids is 6. The van der Waals surface area contributed by atoms with Crippen molar-refractivity contribution in [2.75, 3.05) is 96.3 Å². The molecule has 21 nitrogen and oxygen atoms in total. The summed E-state index contributed by atoms with van der Waals surface area (Å²) in [4.78, 5) is 87.3. The van der Waals surface area contributed by atoms with E-state index < -0.39 is 29.7 Å². The fraction of sp³-hybridized carbons (Fsp3) is 0.469. The number of hydrogen-bond donors (Lipinski definition) is 5. The van der Waals surface area contributed by atoms with Gasteiger partial charge in [0, 0.05) is 54.3 Å². The first kappa shape index (κ1) is 49.8. The lowest BCUT2D eigenvalue weighted by Crippen LogP contribution is -2.54. The number of imidazole rings is 1. The number of anilines is 2. The summed E-state index contributed by atoms with van der Waals surface area (Å²) in [6, 6.07) is 15.6. The number of rotatable bonds is 27. The van der Waals surface area contributed by atoms with Crippen LogP contribution in [0.25, 0.3) is 21.9 Å². The molecule has 0 spiro atoms. The number of nitrogens with zero attached hydrogens (tertiary/aromatic N) is 5. The van der Waals surface area contributed by atoms with E-state index in [4.69, 9.17) is 28.7 Å². The number of H-pyrrole nitrogens is 1. The highest BCUT2D eigenvalue weighted by Crippen LogP contribution is 2.32. The third-order valence-electron chi connectivity index (χ3n) is 12.4. The minimum absolute atomic E-state index is 0.0553. The zero-order valence-corrected chi connectivity index (χ0v) is 39.3. The molecule has 2 atom stereocenters. The zero-order valence-electron chi connectivity index (χ0n) is 39.3. The molecule has 3 aromatic carbocycles. The maximum Gasteiger partial charge on any atom is 0.264 e. The molecule has 2 saturated heterocycles. The van der Waals surface area contributed by atoms with E-state index in [1.165, 1.54) is 12.8 Å². The number of hydrogen-bond acceptors (Lipinski definition) is 15. The standard InChI is InChI=1S/C49H60N10O11/c1-32-4-3-16-57(32)31-42-54-37-9-8-35(29-39(37)55-42)53-46(62)33-7-10-40-34(28-33)30-52-58(40)17-14-51-43(60)13-18-66-20-22-68-24-26-70-27-25-69-23-21-67-19-15-50-38-6-2-5-36-45(38)49(65)59(48(36)64)41-11-12-44(61)56-47(41)63/h2,5-10,28-30,32,41,50H,3-4,11-27,31H2,1H3,(H,51,60)(H,53,62)(H,54,55)(H,56,61,63)/t32-,41?/m0/s1. The molecule has 2 aromatic heterocycles. The number of amides is 6. The van der Waals surface area contributed by atoms with Gasteiger partial charge in [-0.3, -0.25) is 48.6 Å². The molecule has 70 heavy (non-hydrogen) atoms. The number of fused-ring (bicyclic) bond motifs is 3. The quantitative estimate of drug-likeness (QED) is 0.0375. The minimum Gasteiger partial charge on any atom is -0.382 e. The molecule has 372 valence electrons.